The molecule has 0 aromatic heterocycles. The lowest BCUT2D eigenvalue weighted by Crippen LogP contribution is -2.17. The standard InChI is InChI=1S/C22H26N2O2.ClH/c1-23(14-6-8-18-7-5-11-22(16-18)24(25)26)17-19-12-13-20-9-3-2-4-10-21(20)15-19;/h5-8,11-13,15-16H,2-4,9-10,14,17H2,1H3;1H/b8-6+;. The van der Waals surface area contributed by atoms with Gasteiger partial charge in [0.25, 0.3) is 5.69 Å². The Morgan fingerprint density at radius 3 is 2.63 bits per heavy atom. The van der Waals surface area contributed by atoms with Crippen LogP contribution in [0.3, 0.4) is 0 Å². The molecule has 144 valence electrons. The Morgan fingerprint density at radius 2 is 1.85 bits per heavy atom. The van der Waals surface area contributed by atoms with E-state index in [4.69, 9.17) is 0 Å². The van der Waals surface area contributed by atoms with Gasteiger partial charge in [0.1, 0.15) is 0 Å². The number of nitro benzene ring substituents is 1. The number of nitrogens with zero attached hydrogens (tertiary/aromatic N) is 2. The zero-order chi connectivity index (χ0) is 18.4. The molecule has 0 bridgehead atoms. The molecule has 0 unspecified atom stereocenters. The molecule has 27 heavy (non-hydrogen) atoms. The maximum Gasteiger partial charge on any atom is 0.270 e. The van der Waals surface area contributed by atoms with Crippen molar-refractivity contribution in [3.63, 3.8) is 0 Å². The Labute approximate surface area is 167 Å². The van der Waals surface area contributed by atoms with E-state index < -0.39 is 0 Å². The van der Waals surface area contributed by atoms with E-state index in [-0.39, 0.29) is 23.0 Å². The van der Waals surface area contributed by atoms with Gasteiger partial charge in [-0.3, -0.25) is 15.0 Å². The van der Waals surface area contributed by atoms with Crippen LogP contribution in [0.15, 0.2) is 48.5 Å². The lowest BCUT2D eigenvalue weighted by atomic mass is 10.00. The number of rotatable bonds is 6. The molecule has 5 heteroatoms. The fraction of sp³-hybridized carbons (Fsp3) is 0.364. The normalized spacial score (nSPS) is 13.9. The Balaban J connectivity index is 0.00000261. The third kappa shape index (κ3) is 6.19. The molecular formula is C22H27ClN2O2. The van der Waals surface area contributed by atoms with Crippen LogP contribution in [0.25, 0.3) is 6.08 Å². The van der Waals surface area contributed by atoms with Crippen molar-refractivity contribution in [2.75, 3.05) is 13.6 Å². The zero-order valence-corrected chi connectivity index (χ0v) is 16.6. The van der Waals surface area contributed by atoms with E-state index in [2.05, 4.69) is 36.2 Å². The highest BCUT2D eigenvalue weighted by atomic mass is 35.5. The minimum atomic E-state index is -0.359. The van der Waals surface area contributed by atoms with Gasteiger partial charge in [0, 0.05) is 25.2 Å². The second-order valence-electron chi connectivity index (χ2n) is 7.11. The third-order valence-electron chi connectivity index (χ3n) is 4.92. The van der Waals surface area contributed by atoms with Gasteiger partial charge >= 0.3 is 0 Å². The van der Waals surface area contributed by atoms with Gasteiger partial charge in [-0.2, -0.15) is 0 Å². The summed E-state index contributed by atoms with van der Waals surface area (Å²) in [7, 11) is 2.10. The maximum atomic E-state index is 10.8. The van der Waals surface area contributed by atoms with Crippen molar-refractivity contribution in [3.05, 3.63) is 80.9 Å². The summed E-state index contributed by atoms with van der Waals surface area (Å²) < 4.78 is 0. The molecule has 0 radical (unpaired) electrons. The largest absolute Gasteiger partial charge is 0.298 e. The van der Waals surface area contributed by atoms with Gasteiger partial charge in [0.15, 0.2) is 0 Å². The first-order chi connectivity index (χ1) is 12.6. The summed E-state index contributed by atoms with van der Waals surface area (Å²) in [5.41, 5.74) is 5.40. The Morgan fingerprint density at radius 1 is 1.07 bits per heavy atom. The van der Waals surface area contributed by atoms with E-state index in [9.17, 15) is 10.1 Å². The van der Waals surface area contributed by atoms with Crippen LogP contribution >= 0.6 is 12.4 Å². The van der Waals surface area contributed by atoms with Crippen LogP contribution in [0.2, 0.25) is 0 Å². The summed E-state index contributed by atoms with van der Waals surface area (Å²) in [4.78, 5) is 12.7. The van der Waals surface area contributed by atoms with E-state index in [1.54, 1.807) is 12.1 Å². The van der Waals surface area contributed by atoms with Crippen molar-refractivity contribution in [1.29, 1.82) is 0 Å². The van der Waals surface area contributed by atoms with E-state index in [1.165, 1.54) is 54.9 Å². The van der Waals surface area contributed by atoms with Crippen LogP contribution in [-0.2, 0) is 19.4 Å². The summed E-state index contributed by atoms with van der Waals surface area (Å²) in [6.07, 6.45) is 10.4. The summed E-state index contributed by atoms with van der Waals surface area (Å²) in [5, 5.41) is 10.8. The topological polar surface area (TPSA) is 46.4 Å². The van der Waals surface area contributed by atoms with Crippen molar-refractivity contribution < 1.29 is 4.92 Å². The number of benzene rings is 2. The molecule has 0 heterocycles. The van der Waals surface area contributed by atoms with Gasteiger partial charge in [0.2, 0.25) is 0 Å². The average Bonchev–Trinajstić information content (AvgIpc) is 2.87. The van der Waals surface area contributed by atoms with Crippen LogP contribution in [0.1, 0.15) is 41.5 Å². The molecule has 0 fully saturated rings. The van der Waals surface area contributed by atoms with Gasteiger partial charge in [-0.25, -0.2) is 0 Å². The van der Waals surface area contributed by atoms with Crippen molar-refractivity contribution in [2.45, 2.75) is 38.6 Å². The van der Waals surface area contributed by atoms with Crippen molar-refractivity contribution >= 4 is 24.2 Å². The molecular weight excluding hydrogens is 360 g/mol. The van der Waals surface area contributed by atoms with Crippen LogP contribution in [0.4, 0.5) is 5.69 Å². The van der Waals surface area contributed by atoms with Crippen LogP contribution in [-0.4, -0.2) is 23.4 Å². The average molecular weight is 387 g/mol. The van der Waals surface area contributed by atoms with E-state index >= 15 is 0 Å². The molecule has 4 nitrogen and oxygen atoms in total. The fourth-order valence-electron chi connectivity index (χ4n) is 3.55. The zero-order valence-electron chi connectivity index (χ0n) is 15.8. The van der Waals surface area contributed by atoms with E-state index in [1.807, 2.05) is 12.1 Å². The van der Waals surface area contributed by atoms with Gasteiger partial charge in [-0.15, -0.1) is 12.4 Å². The van der Waals surface area contributed by atoms with Crippen LogP contribution in [0, 0.1) is 10.1 Å². The highest BCUT2D eigenvalue weighted by Gasteiger charge is 2.09. The lowest BCUT2D eigenvalue weighted by Gasteiger charge is -2.16. The molecule has 1 aliphatic carbocycles. The predicted octanol–water partition coefficient (Wildman–Crippen LogP) is 5.43. The minimum Gasteiger partial charge on any atom is -0.298 e. The quantitative estimate of drug-likeness (QED) is 0.377. The number of nitro groups is 1. The number of halogens is 1. The summed E-state index contributed by atoms with van der Waals surface area (Å²) in [6, 6.07) is 13.7. The van der Waals surface area contributed by atoms with Crippen molar-refractivity contribution in [1.82, 2.24) is 4.90 Å². The molecule has 3 rings (SSSR count). The Hall–Kier alpha value is -2.17. The van der Waals surface area contributed by atoms with E-state index in [0.717, 1.165) is 18.7 Å². The van der Waals surface area contributed by atoms with E-state index in [0.29, 0.717) is 0 Å². The first-order valence-corrected chi connectivity index (χ1v) is 9.32. The second kappa shape index (κ2) is 10.2. The number of aryl methyl sites for hydroxylation is 2. The summed E-state index contributed by atoms with van der Waals surface area (Å²) >= 11 is 0. The second-order valence-corrected chi connectivity index (χ2v) is 7.11. The maximum absolute atomic E-state index is 10.8. The number of hydrogen-bond acceptors (Lipinski definition) is 3. The molecule has 0 spiro atoms. The van der Waals surface area contributed by atoms with Gasteiger partial charge in [-0.1, -0.05) is 48.9 Å². The van der Waals surface area contributed by atoms with Gasteiger partial charge < -0.3 is 0 Å². The molecule has 0 N–H and O–H groups in total. The predicted molar refractivity (Wildman–Crippen MR) is 113 cm³/mol. The van der Waals surface area contributed by atoms with Crippen LogP contribution < -0.4 is 0 Å². The molecule has 2 aromatic rings. The molecule has 2 aromatic carbocycles. The third-order valence-corrected chi connectivity index (χ3v) is 4.92. The molecule has 0 aliphatic heterocycles. The summed E-state index contributed by atoms with van der Waals surface area (Å²) in [5.74, 6) is 0. The van der Waals surface area contributed by atoms with Gasteiger partial charge in [-0.05, 0) is 55.0 Å². The Kier molecular flexibility index (Phi) is 8.01. The monoisotopic (exact) mass is 386 g/mol. The highest BCUT2D eigenvalue weighted by molar-refractivity contribution is 5.85. The first-order valence-electron chi connectivity index (χ1n) is 9.32. The van der Waals surface area contributed by atoms with Crippen molar-refractivity contribution in [2.24, 2.45) is 0 Å². The summed E-state index contributed by atoms with van der Waals surface area (Å²) in [6.45, 7) is 1.71. The SMILES string of the molecule is CN(C/C=C/c1cccc([N+](=O)[O-])c1)Cc1ccc2c(c1)CCCCC2.Cl. The number of fused-ring (bicyclic) bond motifs is 1. The van der Waals surface area contributed by atoms with Crippen molar-refractivity contribution in [3.8, 4) is 0 Å². The number of non-ortho nitro benzene ring substituents is 1. The molecule has 1 aliphatic rings. The first kappa shape index (κ1) is 21.1. The number of likely N-dealkylation sites (N-methyl/N-ethyl adjacent to an activating group) is 1. The molecule has 0 saturated carbocycles. The smallest absolute Gasteiger partial charge is 0.270 e. The fourth-order valence-corrected chi connectivity index (χ4v) is 3.55. The van der Waals surface area contributed by atoms with Gasteiger partial charge in [0.05, 0.1) is 4.92 Å². The van der Waals surface area contributed by atoms with Crippen LogP contribution in [0.5, 0.6) is 0 Å². The lowest BCUT2D eigenvalue weighted by molar-refractivity contribution is -0.384. The number of hydrogen-bond donors (Lipinski definition) is 0. The molecule has 0 saturated heterocycles. The minimum absolute atomic E-state index is 0. The molecule has 0 atom stereocenters. The molecule has 0 amide bonds. The highest BCUT2D eigenvalue weighted by Crippen LogP contribution is 2.22. The Bertz CT molecular complexity index is 805.